The van der Waals surface area contributed by atoms with Gasteiger partial charge in [-0.1, -0.05) is 12.6 Å². The molecular weight excluding hydrogens is 451 g/mol. The maximum Gasteiger partial charge on any atom is 0.255 e. The fourth-order valence-corrected chi connectivity index (χ4v) is 4.61. The first-order valence-corrected chi connectivity index (χ1v) is 11.6. The van der Waals surface area contributed by atoms with E-state index in [-0.39, 0.29) is 17.4 Å². The Balaban J connectivity index is 1.24. The van der Waals surface area contributed by atoms with E-state index in [1.54, 1.807) is 30.5 Å². The minimum absolute atomic E-state index is 0.113. The summed E-state index contributed by atoms with van der Waals surface area (Å²) in [6.45, 7) is 7.85. The second kappa shape index (κ2) is 9.79. The highest BCUT2D eigenvalue weighted by atomic mass is 19.1. The molecule has 4 N–H and O–H groups in total. The van der Waals surface area contributed by atoms with Crippen LogP contribution in [0.15, 0.2) is 58.6 Å². The van der Waals surface area contributed by atoms with Gasteiger partial charge in [-0.15, -0.1) is 0 Å². The maximum absolute atomic E-state index is 13.4. The third-order valence-electron chi connectivity index (χ3n) is 6.49. The summed E-state index contributed by atoms with van der Waals surface area (Å²) in [6.07, 6.45) is 3.61. The van der Waals surface area contributed by atoms with Gasteiger partial charge >= 0.3 is 0 Å². The molecule has 2 fully saturated rings. The molecule has 2 unspecified atom stereocenters. The van der Waals surface area contributed by atoms with E-state index in [1.807, 2.05) is 0 Å². The molecule has 11 heteroatoms. The van der Waals surface area contributed by atoms with E-state index >= 15 is 0 Å². The topological polar surface area (TPSA) is 124 Å². The van der Waals surface area contributed by atoms with Gasteiger partial charge in [0.15, 0.2) is 5.76 Å². The average Bonchev–Trinajstić information content (AvgIpc) is 3.40. The molecule has 2 aliphatic rings. The second-order valence-corrected chi connectivity index (χ2v) is 8.89. The van der Waals surface area contributed by atoms with Crippen molar-refractivity contribution in [2.75, 3.05) is 49.3 Å². The molecule has 2 saturated heterocycles. The fraction of sp³-hybridized carbons (Fsp3) is 0.375. The standard InChI is InChI=1S/C24H29FN8O2/c1-16(21-6-3-11-34-21)28-24-30-23(29-22(26)33(24)27)32-10-9-31-13-17(7-8-19(31)14-32)15-35-20-5-2-4-18(25)12-20/h2-6,11-12,17,19H,1,7-10,13-15,27H2,(H2,26,28,29,30). The van der Waals surface area contributed by atoms with Crippen LogP contribution >= 0.6 is 0 Å². The molecule has 4 heterocycles. The summed E-state index contributed by atoms with van der Waals surface area (Å²) in [6, 6.07) is 10.2. The molecule has 2 aromatic heterocycles. The van der Waals surface area contributed by atoms with Gasteiger partial charge in [-0.05, 0) is 37.1 Å². The molecule has 3 aromatic rings. The first kappa shape index (κ1) is 22.9. The molecule has 0 amide bonds. The van der Waals surface area contributed by atoms with Crippen LogP contribution in [0.25, 0.3) is 5.70 Å². The number of nitrogens with zero attached hydrogens (tertiary/aromatic N) is 6. The Kier molecular flexibility index (Phi) is 6.41. The van der Waals surface area contributed by atoms with Gasteiger partial charge < -0.3 is 25.6 Å². The number of benzene rings is 1. The largest absolute Gasteiger partial charge is 0.493 e. The van der Waals surface area contributed by atoms with Crippen LogP contribution in [0.3, 0.4) is 0 Å². The third-order valence-corrected chi connectivity index (χ3v) is 6.49. The number of piperidine rings is 1. The molecule has 1 aromatic carbocycles. The number of furan rings is 1. The van der Waals surface area contributed by atoms with Gasteiger partial charge in [0.25, 0.3) is 5.62 Å². The first-order chi connectivity index (χ1) is 17.0. The van der Waals surface area contributed by atoms with Crippen molar-refractivity contribution in [3.05, 3.63) is 66.4 Å². The summed E-state index contributed by atoms with van der Waals surface area (Å²) < 4.78 is 25.7. The predicted octanol–water partition coefficient (Wildman–Crippen LogP) is 1.86. The van der Waals surface area contributed by atoms with Crippen LogP contribution in [-0.2, 0) is 0 Å². The van der Waals surface area contributed by atoms with E-state index in [2.05, 4.69) is 31.3 Å². The number of ether oxygens (including phenoxy) is 1. The number of aromatic nitrogens is 3. The number of fused-ring (bicyclic) bond motifs is 1. The van der Waals surface area contributed by atoms with Gasteiger partial charge in [-0.3, -0.25) is 4.90 Å². The lowest BCUT2D eigenvalue weighted by Gasteiger charge is -2.46. The van der Waals surface area contributed by atoms with E-state index in [9.17, 15) is 4.39 Å². The van der Waals surface area contributed by atoms with Crippen LogP contribution in [0, 0.1) is 11.7 Å². The van der Waals surface area contributed by atoms with Gasteiger partial charge in [-0.2, -0.15) is 14.6 Å². The average molecular weight is 481 g/mol. The van der Waals surface area contributed by atoms with Crippen LogP contribution < -0.4 is 26.8 Å². The molecule has 0 aliphatic carbocycles. The SMILES string of the molecule is C=C(/N=c1/nc(N2CCN3CC(COc4cccc(F)c4)CCC3C2)nc(N)n1N)c1ccco1. The molecule has 0 saturated carbocycles. The summed E-state index contributed by atoms with van der Waals surface area (Å²) in [7, 11) is 0. The number of rotatable bonds is 6. The van der Waals surface area contributed by atoms with Crippen LogP contribution in [0.5, 0.6) is 5.75 Å². The monoisotopic (exact) mass is 480 g/mol. The predicted molar refractivity (Wildman–Crippen MR) is 130 cm³/mol. The molecule has 5 rings (SSSR count). The number of nitrogens with two attached hydrogens (primary N) is 2. The number of anilines is 2. The molecule has 184 valence electrons. The molecule has 2 atom stereocenters. The fourth-order valence-electron chi connectivity index (χ4n) is 4.61. The zero-order chi connectivity index (χ0) is 24.4. The highest BCUT2D eigenvalue weighted by Crippen LogP contribution is 2.27. The lowest BCUT2D eigenvalue weighted by Crippen LogP contribution is -2.57. The molecule has 2 aliphatic heterocycles. The van der Waals surface area contributed by atoms with E-state index < -0.39 is 0 Å². The van der Waals surface area contributed by atoms with Gasteiger partial charge in [0.2, 0.25) is 11.9 Å². The lowest BCUT2D eigenvalue weighted by molar-refractivity contribution is 0.0725. The third kappa shape index (κ3) is 5.14. The summed E-state index contributed by atoms with van der Waals surface area (Å²) >= 11 is 0. The smallest absolute Gasteiger partial charge is 0.255 e. The second-order valence-electron chi connectivity index (χ2n) is 8.89. The lowest BCUT2D eigenvalue weighted by atomic mass is 9.91. The summed E-state index contributed by atoms with van der Waals surface area (Å²) in [5, 5.41) is 0. The Morgan fingerprint density at radius 1 is 1.20 bits per heavy atom. The summed E-state index contributed by atoms with van der Waals surface area (Å²) in [5.74, 6) is 7.84. The van der Waals surface area contributed by atoms with Crippen LogP contribution in [0.1, 0.15) is 18.6 Å². The van der Waals surface area contributed by atoms with Crippen molar-refractivity contribution in [2.24, 2.45) is 10.9 Å². The molecule has 10 nitrogen and oxygen atoms in total. The Hall–Kier alpha value is -3.86. The Labute approximate surface area is 202 Å². The normalized spacial score (nSPS) is 21.1. The minimum atomic E-state index is -0.285. The Morgan fingerprint density at radius 2 is 2.09 bits per heavy atom. The van der Waals surface area contributed by atoms with E-state index in [0.717, 1.165) is 43.7 Å². The number of piperazine rings is 1. The Bertz CT molecular complexity index is 1260. The zero-order valence-corrected chi connectivity index (χ0v) is 19.4. The van der Waals surface area contributed by atoms with Crippen molar-refractivity contribution < 1.29 is 13.5 Å². The minimum Gasteiger partial charge on any atom is -0.493 e. The van der Waals surface area contributed by atoms with Crippen LogP contribution in [0.2, 0.25) is 0 Å². The zero-order valence-electron chi connectivity index (χ0n) is 19.4. The maximum atomic E-state index is 13.4. The number of halogens is 1. The van der Waals surface area contributed by atoms with E-state index in [0.29, 0.717) is 41.7 Å². The van der Waals surface area contributed by atoms with Crippen LogP contribution in [0.4, 0.5) is 16.3 Å². The van der Waals surface area contributed by atoms with Crippen molar-refractivity contribution in [2.45, 2.75) is 18.9 Å². The van der Waals surface area contributed by atoms with Crippen molar-refractivity contribution >= 4 is 17.6 Å². The van der Waals surface area contributed by atoms with Gasteiger partial charge in [-0.25, -0.2) is 9.38 Å². The van der Waals surface area contributed by atoms with Crippen molar-refractivity contribution in [1.82, 2.24) is 19.5 Å². The van der Waals surface area contributed by atoms with Gasteiger partial charge in [0, 0.05) is 44.2 Å². The Morgan fingerprint density at radius 3 is 2.89 bits per heavy atom. The summed E-state index contributed by atoms with van der Waals surface area (Å²) in [4.78, 5) is 18.0. The van der Waals surface area contributed by atoms with Crippen LogP contribution in [-0.4, -0.2) is 58.4 Å². The molecule has 0 spiro atoms. The molecule has 35 heavy (non-hydrogen) atoms. The quantitative estimate of drug-likeness (QED) is 0.513. The summed E-state index contributed by atoms with van der Waals surface area (Å²) in [5.41, 5.74) is 6.66. The van der Waals surface area contributed by atoms with Crippen molar-refractivity contribution in [3.8, 4) is 5.75 Å². The highest BCUT2D eigenvalue weighted by Gasteiger charge is 2.34. The first-order valence-electron chi connectivity index (χ1n) is 11.6. The van der Waals surface area contributed by atoms with Crippen molar-refractivity contribution in [3.63, 3.8) is 0 Å². The molecule has 0 radical (unpaired) electrons. The van der Waals surface area contributed by atoms with Crippen molar-refractivity contribution in [1.29, 1.82) is 0 Å². The van der Waals surface area contributed by atoms with Gasteiger partial charge in [0.05, 0.1) is 12.9 Å². The number of hydrogen-bond donors (Lipinski definition) is 2. The van der Waals surface area contributed by atoms with E-state index in [1.165, 1.54) is 12.1 Å². The van der Waals surface area contributed by atoms with Gasteiger partial charge in [0.1, 0.15) is 17.3 Å². The highest BCUT2D eigenvalue weighted by molar-refractivity contribution is 5.57. The number of hydrogen-bond acceptors (Lipinski definition) is 9. The number of nitrogen functional groups attached to an aromatic ring is 2. The molecular formula is C24H29FN8O2. The molecule has 0 bridgehead atoms. The van der Waals surface area contributed by atoms with E-state index in [4.69, 9.17) is 20.7 Å².